The third-order valence-electron chi connectivity index (χ3n) is 13.1. The molecule has 64 heavy (non-hydrogen) atoms. The second-order valence-electron chi connectivity index (χ2n) is 17.9. The molecule has 2 aromatic heterocycles. The summed E-state index contributed by atoms with van der Waals surface area (Å²) in [5.74, 6) is 1.06. The summed E-state index contributed by atoms with van der Waals surface area (Å²) in [5, 5.41) is 7.83. The van der Waals surface area contributed by atoms with Gasteiger partial charge in [0.15, 0.2) is 0 Å². The number of aryl methyl sites for hydroxylation is 1. The van der Waals surface area contributed by atoms with Crippen molar-refractivity contribution in [2.75, 3.05) is 33.9 Å². The zero-order valence-corrected chi connectivity index (χ0v) is 37.0. The van der Waals surface area contributed by atoms with Crippen LogP contribution in [-0.2, 0) is 23.9 Å². The van der Waals surface area contributed by atoms with Crippen molar-refractivity contribution in [3.8, 4) is 22.4 Å². The third kappa shape index (κ3) is 8.46. The molecule has 4 heterocycles. The lowest BCUT2D eigenvalue weighted by atomic mass is 9.99. The molecule has 3 fully saturated rings. The number of ether oxygens (including phenoxy) is 2. The van der Waals surface area contributed by atoms with Crippen molar-refractivity contribution in [1.29, 1.82) is 0 Å². The zero-order valence-electron chi connectivity index (χ0n) is 37.0. The predicted molar refractivity (Wildman–Crippen MR) is 252 cm³/mol. The van der Waals surface area contributed by atoms with Crippen LogP contribution in [0.5, 0.6) is 0 Å². The fourth-order valence-corrected chi connectivity index (χ4v) is 9.58. The minimum atomic E-state index is -0.748. The highest BCUT2D eigenvalue weighted by atomic mass is 16.5. The van der Waals surface area contributed by atoms with Crippen LogP contribution < -0.4 is 10.6 Å². The van der Waals surface area contributed by atoms with Crippen molar-refractivity contribution in [2.45, 2.75) is 77.0 Å². The minimum absolute atomic E-state index is 0. The average molecular weight is 873 g/mol. The van der Waals surface area contributed by atoms with Gasteiger partial charge in [0.05, 0.1) is 42.5 Å². The van der Waals surface area contributed by atoms with E-state index >= 15 is 0 Å². The van der Waals surface area contributed by atoms with Crippen LogP contribution in [0.4, 0.5) is 4.79 Å². The van der Waals surface area contributed by atoms with Gasteiger partial charge in [-0.1, -0.05) is 86.6 Å². The highest BCUT2D eigenvalue weighted by Crippen LogP contribution is 2.39. The van der Waals surface area contributed by atoms with E-state index in [0.29, 0.717) is 31.9 Å². The molecule has 5 atom stereocenters. The van der Waals surface area contributed by atoms with Gasteiger partial charge in [0, 0.05) is 54.4 Å². The van der Waals surface area contributed by atoms with Gasteiger partial charge in [-0.15, -0.1) is 0 Å². The molecular formula is C50H64N8O6. The first-order valence-electron chi connectivity index (χ1n) is 22.4. The largest absolute Gasteiger partial charge is 0.453 e. The second-order valence-corrected chi connectivity index (χ2v) is 17.9. The molecule has 1 aliphatic carbocycles. The Kier molecular flexibility index (Phi) is 12.0. The van der Waals surface area contributed by atoms with Gasteiger partial charge < -0.3 is 39.9 Å². The quantitative estimate of drug-likeness (QED) is 0.0890. The van der Waals surface area contributed by atoms with Gasteiger partial charge in [0.2, 0.25) is 17.7 Å². The van der Waals surface area contributed by atoms with E-state index in [1.165, 1.54) is 7.11 Å². The Bertz CT molecular complexity index is 2710. The fourth-order valence-electron chi connectivity index (χ4n) is 9.58. The van der Waals surface area contributed by atoms with E-state index in [0.717, 1.165) is 87.0 Å². The van der Waals surface area contributed by atoms with Gasteiger partial charge in [0.1, 0.15) is 23.7 Å². The first kappa shape index (κ1) is 42.7. The number of methoxy groups -OCH3 is 2. The summed E-state index contributed by atoms with van der Waals surface area (Å²) in [7, 11) is 2.96. The third-order valence-corrected chi connectivity index (χ3v) is 13.1. The van der Waals surface area contributed by atoms with Gasteiger partial charge in [-0.05, 0) is 79.2 Å². The van der Waals surface area contributed by atoms with Gasteiger partial charge in [0.25, 0.3) is 0 Å². The van der Waals surface area contributed by atoms with E-state index in [4.69, 9.17) is 19.4 Å². The number of fused-ring (bicyclic) bond motifs is 3. The molecule has 4 amide bonds. The summed E-state index contributed by atoms with van der Waals surface area (Å²) in [6.45, 7) is 7.41. The van der Waals surface area contributed by atoms with Crippen LogP contribution in [0.25, 0.3) is 44.2 Å². The summed E-state index contributed by atoms with van der Waals surface area (Å²) in [4.78, 5) is 74.3. The van der Waals surface area contributed by atoms with E-state index in [2.05, 4.69) is 69.1 Å². The molecule has 0 radical (unpaired) electrons. The van der Waals surface area contributed by atoms with Crippen LogP contribution in [0, 0.1) is 24.7 Å². The Labute approximate surface area is 378 Å². The molecule has 14 heteroatoms. The summed E-state index contributed by atoms with van der Waals surface area (Å²) in [5.41, 5.74) is 7.34. The summed E-state index contributed by atoms with van der Waals surface area (Å²) < 4.78 is 10.3. The summed E-state index contributed by atoms with van der Waals surface area (Å²) >= 11 is 0. The lowest BCUT2D eigenvalue weighted by Crippen LogP contribution is -2.51. The van der Waals surface area contributed by atoms with Crippen LogP contribution >= 0.6 is 0 Å². The molecule has 340 valence electrons. The molecule has 9 rings (SSSR count). The molecule has 0 spiro atoms. The number of likely N-dealkylation sites (tertiary alicyclic amines) is 2. The van der Waals surface area contributed by atoms with E-state index in [1.54, 1.807) is 7.11 Å². The second kappa shape index (κ2) is 17.9. The lowest BCUT2D eigenvalue weighted by Gasteiger charge is -2.30. The van der Waals surface area contributed by atoms with Crippen molar-refractivity contribution < 1.29 is 34.4 Å². The number of hydrogen-bond donors (Lipinski definition) is 4. The van der Waals surface area contributed by atoms with E-state index in [1.807, 2.05) is 67.0 Å². The standard InChI is InChI=1S/C50H56N8O6.4H2/c1-28(2)41(56-50(62)64-5)48(60)58-26-30(27-63-4)24-40(58)46-52-38-22-20-36-25-35(19-21-37(36)44(38)54-46)31-13-15-33(16-14-31)42-29(3)51-45(53-42)39-12-9-23-57(39)49(61)43(32-10-7-6-8-11-32)55-47(59)34-17-18-34;;;;/h6-8,10-11,13-16,19-22,25,28,30,34,39-41,43H,9,12,17-18,23-24,26-27H2,1-5H3,(H,51,53)(H,52,54)(H,55,59)(H,56,62);4*1H/t30-,39-,40-,41-,43+;;;;/m0..../s1. The smallest absolute Gasteiger partial charge is 0.407 e. The first-order valence-corrected chi connectivity index (χ1v) is 22.4. The molecule has 6 aromatic rings. The van der Waals surface area contributed by atoms with E-state index in [-0.39, 0.29) is 53.3 Å². The topological polar surface area (TPSA) is 175 Å². The molecule has 3 aliphatic rings. The number of hydrogen-bond acceptors (Lipinski definition) is 8. The number of aromatic amines is 2. The fraction of sp³-hybridized carbons (Fsp3) is 0.400. The molecule has 4 N–H and O–H groups in total. The highest BCUT2D eigenvalue weighted by Gasteiger charge is 2.42. The van der Waals surface area contributed by atoms with E-state index < -0.39 is 18.2 Å². The van der Waals surface area contributed by atoms with Crippen molar-refractivity contribution in [1.82, 2.24) is 40.4 Å². The van der Waals surface area contributed by atoms with Gasteiger partial charge in [-0.25, -0.2) is 14.8 Å². The maximum Gasteiger partial charge on any atom is 0.407 e. The maximum absolute atomic E-state index is 14.2. The van der Waals surface area contributed by atoms with Crippen molar-refractivity contribution in [2.24, 2.45) is 17.8 Å². The number of carbonyl (C=O) groups is 4. The Morgan fingerprint density at radius 2 is 1.55 bits per heavy atom. The number of aromatic nitrogens is 4. The Morgan fingerprint density at radius 1 is 0.812 bits per heavy atom. The van der Waals surface area contributed by atoms with Crippen LogP contribution in [0.1, 0.15) is 92.7 Å². The molecule has 1 saturated carbocycles. The molecule has 0 bridgehead atoms. The summed E-state index contributed by atoms with van der Waals surface area (Å²) in [6, 6.07) is 26.4. The number of alkyl carbamates (subject to hydrolysis) is 1. The normalized spacial score (nSPS) is 19.6. The molecule has 14 nitrogen and oxygen atoms in total. The molecule has 0 unspecified atom stereocenters. The van der Waals surface area contributed by atoms with Crippen LogP contribution in [-0.4, -0.2) is 93.5 Å². The van der Waals surface area contributed by atoms with Crippen molar-refractivity contribution in [3.63, 3.8) is 0 Å². The number of carbonyl (C=O) groups excluding carboxylic acids is 4. The molecule has 2 saturated heterocycles. The van der Waals surface area contributed by atoms with Crippen LogP contribution in [0.2, 0.25) is 0 Å². The number of nitrogens with one attached hydrogen (secondary N) is 4. The Morgan fingerprint density at radius 3 is 2.27 bits per heavy atom. The zero-order chi connectivity index (χ0) is 44.6. The lowest BCUT2D eigenvalue weighted by molar-refractivity contribution is -0.138. The number of nitrogens with zero attached hydrogens (tertiary/aromatic N) is 4. The molecular weight excluding hydrogens is 809 g/mol. The monoisotopic (exact) mass is 872 g/mol. The Balaban J connectivity index is 0.00000216. The van der Waals surface area contributed by atoms with Gasteiger partial charge in [-0.3, -0.25) is 14.4 Å². The van der Waals surface area contributed by atoms with Crippen molar-refractivity contribution in [3.05, 3.63) is 108 Å². The minimum Gasteiger partial charge on any atom is -0.453 e. The van der Waals surface area contributed by atoms with Crippen molar-refractivity contribution >= 4 is 45.6 Å². The van der Waals surface area contributed by atoms with Crippen LogP contribution in [0.3, 0.4) is 0 Å². The number of imidazole rings is 2. The van der Waals surface area contributed by atoms with Crippen LogP contribution in [0.15, 0.2) is 84.9 Å². The average Bonchev–Trinajstić information content (AvgIpc) is 3.60. The van der Waals surface area contributed by atoms with Gasteiger partial charge in [-0.2, -0.15) is 0 Å². The molecule has 2 aliphatic heterocycles. The summed E-state index contributed by atoms with van der Waals surface area (Å²) in [6.07, 6.45) is 3.40. The predicted octanol–water partition coefficient (Wildman–Crippen LogP) is 8.91. The number of rotatable bonds is 13. The number of benzene rings is 4. The SMILES string of the molecule is COC[C@H]1C[C@@H](c2nc3c(ccc4cc(-c5ccc(-c6nc([C@@H]7CCCN7C(=O)[C@H](NC(=O)C7CC7)c7ccccc7)[nH]c6C)cc5)ccc43)[nH]2)N(C(=O)[C@@H](NC(=O)OC)C(C)C)C1.[HH].[HH].[HH].[HH]. The number of H-pyrrole nitrogens is 2. The highest BCUT2D eigenvalue weighted by molar-refractivity contribution is 6.05. The first-order chi connectivity index (χ1) is 31.0. The van der Waals surface area contributed by atoms with E-state index in [9.17, 15) is 19.2 Å². The molecule has 4 aromatic carbocycles. The number of amides is 4. The Hall–Kier alpha value is -6.54. The maximum atomic E-state index is 14.2. The van der Waals surface area contributed by atoms with Gasteiger partial charge >= 0.3 is 6.09 Å².